The molecule has 0 unspecified atom stereocenters. The number of halogens is 2. The van der Waals surface area contributed by atoms with E-state index in [1.807, 2.05) is 52.9 Å². The van der Waals surface area contributed by atoms with Gasteiger partial charge < -0.3 is 15.2 Å². The predicted molar refractivity (Wildman–Crippen MR) is 118 cm³/mol. The summed E-state index contributed by atoms with van der Waals surface area (Å²) in [6.07, 6.45) is -0.637. The number of hydrogen-bond acceptors (Lipinski definition) is 5. The van der Waals surface area contributed by atoms with Crippen LogP contribution in [0.25, 0.3) is 0 Å². The van der Waals surface area contributed by atoms with Gasteiger partial charge in [0, 0.05) is 6.42 Å². The fourth-order valence-corrected chi connectivity index (χ4v) is 3.00. The summed E-state index contributed by atoms with van der Waals surface area (Å²) in [5.41, 5.74) is 6.02. The van der Waals surface area contributed by atoms with Crippen molar-refractivity contribution in [3.63, 3.8) is 0 Å². The van der Waals surface area contributed by atoms with Crippen molar-refractivity contribution in [3.05, 3.63) is 63.2 Å². The largest absolute Gasteiger partial charge is 0.507 e. The van der Waals surface area contributed by atoms with Crippen molar-refractivity contribution in [3.8, 4) is 5.75 Å². The van der Waals surface area contributed by atoms with Crippen LogP contribution in [0.1, 0.15) is 11.1 Å². The molecule has 10 heteroatoms. The van der Waals surface area contributed by atoms with E-state index in [-0.39, 0.29) is 24.1 Å². The first-order valence-electron chi connectivity index (χ1n) is 8.48. The summed E-state index contributed by atoms with van der Waals surface area (Å²) < 4.78 is 5.78. The van der Waals surface area contributed by atoms with E-state index in [0.717, 1.165) is 5.56 Å². The number of alkyl halides is 1. The fourth-order valence-electron chi connectivity index (χ4n) is 2.28. The molecule has 0 aliphatic carbocycles. The molecule has 4 N–H and O–H groups in total. The van der Waals surface area contributed by atoms with Gasteiger partial charge in [-0.05, 0) is 45.9 Å². The third kappa shape index (κ3) is 7.89. The van der Waals surface area contributed by atoms with Gasteiger partial charge in [0.25, 0.3) is 5.91 Å². The molecule has 29 heavy (non-hydrogen) atoms. The Bertz CT molecular complexity index is 866. The molecule has 0 aromatic heterocycles. The number of amides is 3. The molecule has 2 rings (SSSR count). The third-order valence-electron chi connectivity index (χ3n) is 3.72. The molecule has 2 aromatic carbocycles. The number of nitrogens with one attached hydrogen (secondary N) is 3. The van der Waals surface area contributed by atoms with Gasteiger partial charge in [0.1, 0.15) is 18.4 Å². The number of hydrogen-bond donors (Lipinski definition) is 4. The molecule has 0 fully saturated rings. The minimum atomic E-state index is -1.01. The summed E-state index contributed by atoms with van der Waals surface area (Å²) in [7, 11) is 0. The molecule has 0 spiro atoms. The molecule has 0 aliphatic rings. The van der Waals surface area contributed by atoms with Crippen molar-refractivity contribution in [2.45, 2.75) is 19.1 Å². The fraction of sp³-hybridized carbons (Fsp3) is 0.211. The second-order valence-electron chi connectivity index (χ2n) is 5.92. The summed E-state index contributed by atoms with van der Waals surface area (Å²) >= 11 is 4.94. The molecular weight excluding hydrogens is 557 g/mol. The van der Waals surface area contributed by atoms with E-state index in [1.54, 1.807) is 12.1 Å². The molecule has 0 aliphatic heterocycles. The molecule has 8 nitrogen and oxygen atoms in total. The highest BCUT2D eigenvalue weighted by atomic mass is 127. The van der Waals surface area contributed by atoms with Gasteiger partial charge in [-0.1, -0.05) is 52.3 Å². The Morgan fingerprint density at radius 1 is 1.07 bits per heavy atom. The zero-order chi connectivity index (χ0) is 21.2. The summed E-state index contributed by atoms with van der Waals surface area (Å²) in [6.45, 7) is 0.0540. The van der Waals surface area contributed by atoms with E-state index >= 15 is 0 Å². The lowest BCUT2D eigenvalue weighted by molar-refractivity contribution is -0.128. The second-order valence-corrected chi connectivity index (χ2v) is 7.64. The number of benzene rings is 2. The Balaban J connectivity index is 2.03. The molecule has 1 atom stereocenters. The Kier molecular flexibility index (Phi) is 9.19. The van der Waals surface area contributed by atoms with E-state index in [4.69, 9.17) is 4.74 Å². The van der Waals surface area contributed by atoms with Crippen LogP contribution in [0.4, 0.5) is 4.79 Å². The molecule has 0 saturated carbocycles. The van der Waals surface area contributed by atoms with Gasteiger partial charge in [-0.25, -0.2) is 4.79 Å². The van der Waals surface area contributed by atoms with Crippen LogP contribution in [0.5, 0.6) is 5.75 Å². The van der Waals surface area contributed by atoms with Crippen molar-refractivity contribution in [1.29, 1.82) is 0 Å². The SMILES string of the molecule is O=C(CBr)NNC(=O)[C@H](Cc1ccc(O)c(I)c1)NC(=O)OCc1ccccc1. The number of carbonyl (C=O) groups excluding carboxylic acids is 3. The van der Waals surface area contributed by atoms with Gasteiger partial charge in [0.2, 0.25) is 5.91 Å². The van der Waals surface area contributed by atoms with Crippen LogP contribution >= 0.6 is 38.5 Å². The van der Waals surface area contributed by atoms with Crippen LogP contribution in [0.15, 0.2) is 48.5 Å². The van der Waals surface area contributed by atoms with Crippen molar-refractivity contribution >= 4 is 56.4 Å². The standard InChI is InChI=1S/C19H19BrIN3O5/c20-10-17(26)23-24-18(27)15(9-13-6-7-16(25)14(21)8-13)22-19(28)29-11-12-4-2-1-3-5-12/h1-8,15,25H,9-11H2,(H,22,28)(H,23,26)(H,24,27)/t15-/m0/s1. The van der Waals surface area contributed by atoms with Crippen LogP contribution in [-0.2, 0) is 27.4 Å². The summed E-state index contributed by atoms with van der Waals surface area (Å²) in [4.78, 5) is 36.0. The maximum atomic E-state index is 12.5. The van der Waals surface area contributed by atoms with E-state index in [2.05, 4.69) is 32.1 Å². The average Bonchev–Trinajstić information content (AvgIpc) is 2.73. The van der Waals surface area contributed by atoms with Crippen LogP contribution in [0, 0.1) is 3.57 Å². The van der Waals surface area contributed by atoms with Gasteiger partial charge in [-0.15, -0.1) is 0 Å². The number of ether oxygens (including phenoxy) is 1. The van der Waals surface area contributed by atoms with Crippen molar-refractivity contribution in [2.75, 3.05) is 5.33 Å². The maximum absolute atomic E-state index is 12.5. The third-order valence-corrected chi connectivity index (χ3v) is 5.09. The van der Waals surface area contributed by atoms with E-state index < -0.39 is 23.9 Å². The number of alkyl carbamates (subject to hydrolysis) is 1. The minimum absolute atomic E-state index is 0.0145. The van der Waals surface area contributed by atoms with Gasteiger partial charge in [0.15, 0.2) is 0 Å². The lowest BCUT2D eigenvalue weighted by Crippen LogP contribution is -2.53. The first-order chi connectivity index (χ1) is 13.9. The van der Waals surface area contributed by atoms with Crippen molar-refractivity contribution in [1.82, 2.24) is 16.2 Å². The Morgan fingerprint density at radius 2 is 1.79 bits per heavy atom. The Labute approximate surface area is 189 Å². The molecule has 0 radical (unpaired) electrons. The lowest BCUT2D eigenvalue weighted by atomic mass is 10.1. The summed E-state index contributed by atoms with van der Waals surface area (Å²) in [6, 6.07) is 13.0. The Hall–Kier alpha value is -2.34. The topological polar surface area (TPSA) is 117 Å². The van der Waals surface area contributed by atoms with Crippen LogP contribution in [0.2, 0.25) is 0 Å². The predicted octanol–water partition coefficient (Wildman–Crippen LogP) is 2.38. The van der Waals surface area contributed by atoms with E-state index in [0.29, 0.717) is 9.13 Å². The van der Waals surface area contributed by atoms with Crippen LogP contribution in [-0.4, -0.2) is 34.4 Å². The van der Waals surface area contributed by atoms with E-state index in [1.165, 1.54) is 6.07 Å². The zero-order valence-electron chi connectivity index (χ0n) is 15.2. The second kappa shape index (κ2) is 11.6. The molecule has 0 heterocycles. The molecular formula is C19H19BrIN3O5. The normalized spacial score (nSPS) is 11.2. The average molecular weight is 576 g/mol. The van der Waals surface area contributed by atoms with E-state index in [9.17, 15) is 19.5 Å². The first kappa shape index (κ1) is 22.9. The van der Waals surface area contributed by atoms with Crippen LogP contribution in [0.3, 0.4) is 0 Å². The number of phenols is 1. The highest BCUT2D eigenvalue weighted by molar-refractivity contribution is 14.1. The Morgan fingerprint density at radius 3 is 2.45 bits per heavy atom. The quantitative estimate of drug-likeness (QED) is 0.230. The van der Waals surface area contributed by atoms with Gasteiger partial charge in [-0.2, -0.15) is 0 Å². The monoisotopic (exact) mass is 575 g/mol. The van der Waals surface area contributed by atoms with Crippen molar-refractivity contribution in [2.24, 2.45) is 0 Å². The first-order valence-corrected chi connectivity index (χ1v) is 10.7. The van der Waals surface area contributed by atoms with Gasteiger partial charge in [-0.3, -0.25) is 20.4 Å². The molecule has 0 bridgehead atoms. The smallest absolute Gasteiger partial charge is 0.408 e. The van der Waals surface area contributed by atoms with Crippen LogP contribution < -0.4 is 16.2 Å². The highest BCUT2D eigenvalue weighted by Gasteiger charge is 2.23. The number of aromatic hydroxyl groups is 1. The highest BCUT2D eigenvalue weighted by Crippen LogP contribution is 2.21. The maximum Gasteiger partial charge on any atom is 0.408 e. The zero-order valence-corrected chi connectivity index (χ0v) is 18.9. The number of rotatable bonds is 7. The summed E-state index contributed by atoms with van der Waals surface area (Å²) in [5.74, 6) is -0.933. The number of carbonyl (C=O) groups is 3. The number of phenolic OH excluding ortho intramolecular Hbond substituents is 1. The van der Waals surface area contributed by atoms with Gasteiger partial charge in [0.05, 0.1) is 8.90 Å². The minimum Gasteiger partial charge on any atom is -0.507 e. The summed E-state index contributed by atoms with van der Waals surface area (Å²) in [5, 5.41) is 12.2. The lowest BCUT2D eigenvalue weighted by Gasteiger charge is -2.19. The molecule has 2 aromatic rings. The molecule has 154 valence electrons. The number of hydrazine groups is 1. The molecule has 0 saturated heterocycles. The van der Waals surface area contributed by atoms with Crippen molar-refractivity contribution < 1.29 is 24.2 Å². The van der Waals surface area contributed by atoms with Gasteiger partial charge >= 0.3 is 6.09 Å². The molecule has 3 amide bonds.